The van der Waals surface area contributed by atoms with Crippen LogP contribution in [-0.4, -0.2) is 35.7 Å². The highest BCUT2D eigenvalue weighted by Gasteiger charge is 2.34. The molecule has 0 spiro atoms. The maximum atomic E-state index is 12.9. The molecule has 4 rings (SSSR count). The Balaban J connectivity index is 1.68. The van der Waals surface area contributed by atoms with Crippen LogP contribution in [0.5, 0.6) is 11.5 Å². The summed E-state index contributed by atoms with van der Waals surface area (Å²) in [7, 11) is 1.50. The Labute approximate surface area is 259 Å². The summed E-state index contributed by atoms with van der Waals surface area (Å²) in [6.07, 6.45) is 1.64. The lowest BCUT2D eigenvalue weighted by Gasteiger charge is -2.14. The third-order valence-electron chi connectivity index (χ3n) is 5.74. The summed E-state index contributed by atoms with van der Waals surface area (Å²) in [5, 5.41) is 20.6. The van der Waals surface area contributed by atoms with Crippen molar-refractivity contribution in [3.05, 3.63) is 108 Å². The number of benzene rings is 3. The van der Waals surface area contributed by atoms with E-state index < -0.39 is 11.9 Å². The second-order valence-corrected chi connectivity index (χ2v) is 10.9. The summed E-state index contributed by atoms with van der Waals surface area (Å²) in [5.41, 5.74) is 1.84. The molecule has 11 heteroatoms. The lowest BCUT2D eigenvalue weighted by Crippen LogP contribution is -2.14. The number of nitrogens with zero attached hydrogens (tertiary/aromatic N) is 2. The van der Waals surface area contributed by atoms with Gasteiger partial charge < -0.3 is 19.3 Å². The maximum absolute atomic E-state index is 12.9. The molecular formula is C30H22ClIN2O6S. The zero-order valence-corrected chi connectivity index (χ0v) is 25.5. The Kier molecular flexibility index (Phi) is 10.1. The van der Waals surface area contributed by atoms with Crippen LogP contribution in [0, 0.1) is 14.9 Å². The molecule has 0 bridgehead atoms. The SMILES string of the molecule is CCOC(=O)C1=C(O)/C(=C/c2cc(I)c(OCc3ccccc3C#N)c(OC)c2)SC1=NC(=O)c1ccccc1Cl. The summed E-state index contributed by atoms with van der Waals surface area (Å²) in [4.78, 5) is 30.0. The Morgan fingerprint density at radius 3 is 2.61 bits per heavy atom. The third-order valence-corrected chi connectivity index (χ3v) is 7.89. The summed E-state index contributed by atoms with van der Waals surface area (Å²) in [6, 6.07) is 19.3. The van der Waals surface area contributed by atoms with Gasteiger partial charge in [0.25, 0.3) is 5.91 Å². The van der Waals surface area contributed by atoms with Crippen molar-refractivity contribution in [2.24, 2.45) is 4.99 Å². The summed E-state index contributed by atoms with van der Waals surface area (Å²) >= 11 is 9.21. The number of esters is 1. The van der Waals surface area contributed by atoms with E-state index in [-0.39, 0.29) is 45.1 Å². The van der Waals surface area contributed by atoms with Gasteiger partial charge in [0.05, 0.1) is 44.4 Å². The molecular weight excluding hydrogens is 679 g/mol. The number of nitriles is 1. The minimum Gasteiger partial charge on any atom is -0.506 e. The largest absolute Gasteiger partial charge is 0.506 e. The lowest BCUT2D eigenvalue weighted by atomic mass is 10.1. The van der Waals surface area contributed by atoms with Crippen LogP contribution in [0.1, 0.15) is 34.0 Å². The molecule has 0 aliphatic carbocycles. The van der Waals surface area contributed by atoms with Gasteiger partial charge in [0, 0.05) is 5.56 Å². The number of methoxy groups -OCH3 is 1. The van der Waals surface area contributed by atoms with Crippen molar-refractivity contribution in [3.63, 3.8) is 0 Å². The molecule has 0 radical (unpaired) electrons. The number of ether oxygens (including phenoxy) is 3. The van der Waals surface area contributed by atoms with E-state index in [0.717, 1.165) is 17.3 Å². The molecule has 0 aromatic heterocycles. The normalized spacial score (nSPS) is 14.7. The fraction of sp³-hybridized carbons (Fsp3) is 0.133. The Morgan fingerprint density at radius 2 is 1.90 bits per heavy atom. The van der Waals surface area contributed by atoms with Crippen LogP contribution in [0.3, 0.4) is 0 Å². The van der Waals surface area contributed by atoms with Crippen molar-refractivity contribution in [2.75, 3.05) is 13.7 Å². The Bertz CT molecular complexity index is 1660. The van der Waals surface area contributed by atoms with Crippen molar-refractivity contribution >= 4 is 68.9 Å². The van der Waals surface area contributed by atoms with Crippen molar-refractivity contribution in [1.82, 2.24) is 0 Å². The molecule has 208 valence electrons. The first-order chi connectivity index (χ1) is 19.8. The van der Waals surface area contributed by atoms with Crippen molar-refractivity contribution in [1.29, 1.82) is 5.26 Å². The maximum Gasteiger partial charge on any atom is 0.344 e. The molecule has 1 heterocycles. The molecule has 3 aromatic rings. The number of rotatable bonds is 8. The summed E-state index contributed by atoms with van der Waals surface area (Å²) in [5.74, 6) is -0.911. The standard InChI is InChI=1S/C30H22ClIN2O6S/c1-3-39-30(37)25-26(35)24(41-29(25)34-28(36)20-10-6-7-11-21(20)31)14-17-12-22(32)27(23(13-17)38-2)40-16-19-9-5-4-8-18(19)15-33/h4-14,35H,3,16H2,1-2H3/b24-14-,34-29?. The highest BCUT2D eigenvalue weighted by molar-refractivity contribution is 14.1. The highest BCUT2D eigenvalue weighted by Crippen LogP contribution is 2.41. The molecule has 8 nitrogen and oxygen atoms in total. The second kappa shape index (κ2) is 13.7. The van der Waals surface area contributed by atoms with E-state index in [0.29, 0.717) is 26.2 Å². The average molecular weight is 701 g/mol. The number of thioether (sulfide) groups is 1. The monoisotopic (exact) mass is 700 g/mol. The quantitative estimate of drug-likeness (QED) is 0.195. The van der Waals surface area contributed by atoms with Crippen LogP contribution in [0.4, 0.5) is 0 Å². The van der Waals surface area contributed by atoms with E-state index >= 15 is 0 Å². The molecule has 0 saturated heterocycles. The van der Waals surface area contributed by atoms with E-state index in [9.17, 15) is 20.0 Å². The zero-order chi connectivity index (χ0) is 29.5. The molecule has 0 saturated carbocycles. The van der Waals surface area contributed by atoms with Crippen molar-refractivity contribution in [2.45, 2.75) is 13.5 Å². The molecule has 3 aromatic carbocycles. The fourth-order valence-electron chi connectivity index (χ4n) is 3.80. The first kappa shape index (κ1) is 30.2. The smallest absolute Gasteiger partial charge is 0.344 e. The van der Waals surface area contributed by atoms with Crippen LogP contribution in [0.2, 0.25) is 5.02 Å². The topological polar surface area (TPSA) is 118 Å². The molecule has 1 N–H and O–H groups in total. The first-order valence-corrected chi connectivity index (χ1v) is 14.4. The summed E-state index contributed by atoms with van der Waals surface area (Å²) < 4.78 is 17.4. The first-order valence-electron chi connectivity index (χ1n) is 12.1. The van der Waals surface area contributed by atoms with Gasteiger partial charge in [-0.2, -0.15) is 5.26 Å². The van der Waals surface area contributed by atoms with Gasteiger partial charge in [0.15, 0.2) is 11.5 Å². The molecule has 0 atom stereocenters. The van der Waals surface area contributed by atoms with Crippen LogP contribution in [0.25, 0.3) is 6.08 Å². The zero-order valence-electron chi connectivity index (χ0n) is 21.8. The van der Waals surface area contributed by atoms with Gasteiger partial charge in [-0.15, -0.1) is 0 Å². The van der Waals surface area contributed by atoms with Crippen LogP contribution >= 0.6 is 46.0 Å². The Morgan fingerprint density at radius 1 is 1.17 bits per heavy atom. The van der Waals surface area contributed by atoms with E-state index in [2.05, 4.69) is 33.7 Å². The number of aliphatic imine (C=N–C) groups is 1. The van der Waals surface area contributed by atoms with Gasteiger partial charge in [-0.25, -0.2) is 9.79 Å². The number of carbonyl (C=O) groups excluding carboxylic acids is 2. The molecule has 1 aliphatic heterocycles. The van der Waals surface area contributed by atoms with E-state index in [1.165, 1.54) is 13.2 Å². The number of halogens is 2. The predicted molar refractivity (Wildman–Crippen MR) is 166 cm³/mol. The lowest BCUT2D eigenvalue weighted by molar-refractivity contribution is -0.138. The predicted octanol–water partition coefficient (Wildman–Crippen LogP) is 7.11. The number of hydrogen-bond donors (Lipinski definition) is 1. The number of hydrogen-bond acceptors (Lipinski definition) is 8. The van der Waals surface area contributed by atoms with Gasteiger partial charge in [0.1, 0.15) is 23.0 Å². The van der Waals surface area contributed by atoms with Gasteiger partial charge in [0.2, 0.25) is 0 Å². The number of amides is 1. The van der Waals surface area contributed by atoms with Gasteiger partial charge in [-0.3, -0.25) is 4.79 Å². The minimum atomic E-state index is -0.805. The van der Waals surface area contributed by atoms with Gasteiger partial charge >= 0.3 is 5.97 Å². The van der Waals surface area contributed by atoms with E-state index in [4.69, 9.17) is 25.8 Å². The molecule has 1 amide bonds. The second-order valence-electron chi connectivity index (χ2n) is 8.35. The molecule has 0 fully saturated rings. The number of carbonyl (C=O) groups is 2. The van der Waals surface area contributed by atoms with Crippen LogP contribution < -0.4 is 9.47 Å². The minimum absolute atomic E-state index is 0.00473. The Hall–Kier alpha value is -3.79. The average Bonchev–Trinajstić information content (AvgIpc) is 3.26. The summed E-state index contributed by atoms with van der Waals surface area (Å²) in [6.45, 7) is 1.87. The molecule has 41 heavy (non-hydrogen) atoms. The number of aliphatic hydroxyl groups is 1. The van der Waals surface area contributed by atoms with Crippen molar-refractivity contribution < 1.29 is 28.9 Å². The van der Waals surface area contributed by atoms with E-state index in [1.54, 1.807) is 49.4 Å². The molecule has 1 aliphatic rings. The molecule has 0 unspecified atom stereocenters. The number of aliphatic hydroxyl groups excluding tert-OH is 1. The highest BCUT2D eigenvalue weighted by atomic mass is 127. The third kappa shape index (κ3) is 6.93. The van der Waals surface area contributed by atoms with Crippen molar-refractivity contribution in [3.8, 4) is 17.6 Å². The fourth-order valence-corrected chi connectivity index (χ4v) is 5.81. The van der Waals surface area contributed by atoms with Gasteiger partial charge in [-0.1, -0.05) is 53.7 Å². The van der Waals surface area contributed by atoms with E-state index in [1.807, 2.05) is 18.2 Å². The van der Waals surface area contributed by atoms with Gasteiger partial charge in [-0.05, 0) is 71.5 Å². The van der Waals surface area contributed by atoms with Crippen LogP contribution in [-0.2, 0) is 16.1 Å². The van der Waals surface area contributed by atoms with Crippen LogP contribution in [0.15, 0.2) is 81.9 Å².